The van der Waals surface area contributed by atoms with Crippen LogP contribution in [0.5, 0.6) is 5.75 Å². The third-order valence-corrected chi connectivity index (χ3v) is 3.74. The monoisotopic (exact) mass is 302 g/mol. The minimum Gasteiger partial charge on any atom is -0.494 e. The average Bonchev–Trinajstić information content (AvgIpc) is 2.54. The summed E-state index contributed by atoms with van der Waals surface area (Å²) < 4.78 is 11.0. The highest BCUT2D eigenvalue weighted by Crippen LogP contribution is 2.20. The van der Waals surface area contributed by atoms with E-state index in [1.54, 1.807) is 12.1 Å². The summed E-state index contributed by atoms with van der Waals surface area (Å²) in [6, 6.07) is 9.22. The van der Waals surface area contributed by atoms with E-state index in [4.69, 9.17) is 14.7 Å². The van der Waals surface area contributed by atoms with E-state index in [0.29, 0.717) is 6.61 Å². The molecule has 5 nitrogen and oxygen atoms in total. The van der Waals surface area contributed by atoms with Gasteiger partial charge in [0.25, 0.3) is 0 Å². The van der Waals surface area contributed by atoms with Crippen LogP contribution in [0.4, 0.5) is 0 Å². The maximum absolute atomic E-state index is 11.4. The van der Waals surface area contributed by atoms with E-state index in [1.807, 2.05) is 18.2 Å². The number of carbonyl (C=O) groups excluding carboxylic acids is 1. The zero-order valence-corrected chi connectivity index (χ0v) is 13.0. The van der Waals surface area contributed by atoms with Gasteiger partial charge in [0.2, 0.25) is 0 Å². The number of rotatable bonds is 7. The van der Waals surface area contributed by atoms with E-state index < -0.39 is 5.92 Å². The van der Waals surface area contributed by atoms with Crippen molar-refractivity contribution in [3.8, 4) is 11.8 Å². The van der Waals surface area contributed by atoms with Crippen LogP contribution in [0.1, 0.15) is 24.8 Å². The molecule has 1 aromatic carbocycles. The Labute approximate surface area is 131 Å². The average molecular weight is 302 g/mol. The number of ether oxygens (including phenoxy) is 2. The first kappa shape index (κ1) is 16.5. The predicted molar refractivity (Wildman–Crippen MR) is 82.8 cm³/mol. The highest BCUT2D eigenvalue weighted by atomic mass is 16.5. The summed E-state index contributed by atoms with van der Waals surface area (Å²) in [6.45, 7) is 6.74. The van der Waals surface area contributed by atoms with Gasteiger partial charge < -0.3 is 9.47 Å². The number of morpholine rings is 1. The molecule has 0 N–H and O–H groups in total. The van der Waals surface area contributed by atoms with Crippen LogP contribution in [-0.2, 0) is 9.53 Å². The maximum Gasteiger partial charge on any atom is 0.151 e. The molecule has 2 rings (SSSR count). The van der Waals surface area contributed by atoms with Gasteiger partial charge in [0, 0.05) is 19.6 Å². The summed E-state index contributed by atoms with van der Waals surface area (Å²) in [4.78, 5) is 13.7. The lowest BCUT2D eigenvalue weighted by Gasteiger charge is -2.26. The molecule has 1 aromatic rings. The van der Waals surface area contributed by atoms with E-state index in [-0.39, 0.29) is 5.78 Å². The first-order valence-electron chi connectivity index (χ1n) is 7.63. The second-order valence-electron chi connectivity index (χ2n) is 5.40. The van der Waals surface area contributed by atoms with Crippen molar-refractivity contribution in [3.05, 3.63) is 29.8 Å². The Morgan fingerprint density at radius 3 is 2.64 bits per heavy atom. The molecule has 1 atom stereocenters. The molecule has 118 valence electrons. The minimum atomic E-state index is -0.685. The van der Waals surface area contributed by atoms with Crippen LogP contribution in [0, 0.1) is 11.3 Å². The summed E-state index contributed by atoms with van der Waals surface area (Å²) in [5.41, 5.74) is 0.718. The van der Waals surface area contributed by atoms with Crippen molar-refractivity contribution >= 4 is 5.78 Å². The Morgan fingerprint density at radius 2 is 2.05 bits per heavy atom. The standard InChI is InChI=1S/C17H22N2O3/c1-14(20)17(13-18)15-3-5-16(6-4-15)22-10-2-7-19-8-11-21-12-9-19/h3-6,17H,2,7-12H2,1H3. The highest BCUT2D eigenvalue weighted by Gasteiger charge is 2.15. The van der Waals surface area contributed by atoms with E-state index >= 15 is 0 Å². The molecular weight excluding hydrogens is 280 g/mol. The number of nitriles is 1. The first-order valence-corrected chi connectivity index (χ1v) is 7.63. The van der Waals surface area contributed by atoms with Gasteiger partial charge in [0.15, 0.2) is 5.78 Å². The van der Waals surface area contributed by atoms with Gasteiger partial charge in [-0.1, -0.05) is 12.1 Å². The Morgan fingerprint density at radius 1 is 1.36 bits per heavy atom. The van der Waals surface area contributed by atoms with E-state index in [2.05, 4.69) is 4.90 Å². The molecule has 0 saturated carbocycles. The molecule has 1 heterocycles. The Bertz CT molecular complexity index is 516. The summed E-state index contributed by atoms with van der Waals surface area (Å²) in [6.07, 6.45) is 0.968. The summed E-state index contributed by atoms with van der Waals surface area (Å²) in [7, 11) is 0. The zero-order chi connectivity index (χ0) is 15.8. The number of Topliss-reactive ketones (excluding diaryl/α,β-unsaturated/α-hetero) is 1. The first-order chi connectivity index (χ1) is 10.7. The second-order valence-corrected chi connectivity index (χ2v) is 5.40. The van der Waals surface area contributed by atoms with Crippen LogP contribution in [-0.4, -0.2) is 50.1 Å². The molecule has 1 unspecified atom stereocenters. The van der Waals surface area contributed by atoms with Crippen LogP contribution >= 0.6 is 0 Å². The van der Waals surface area contributed by atoms with Crippen molar-refractivity contribution in [1.82, 2.24) is 4.90 Å². The van der Waals surface area contributed by atoms with Crippen molar-refractivity contribution < 1.29 is 14.3 Å². The molecule has 0 bridgehead atoms. The van der Waals surface area contributed by atoms with Gasteiger partial charge in [0.1, 0.15) is 11.7 Å². The lowest BCUT2D eigenvalue weighted by Crippen LogP contribution is -2.37. The molecular formula is C17H22N2O3. The molecule has 22 heavy (non-hydrogen) atoms. The maximum atomic E-state index is 11.4. The van der Waals surface area contributed by atoms with Gasteiger partial charge in [0.05, 0.1) is 25.9 Å². The van der Waals surface area contributed by atoms with Gasteiger partial charge in [-0.15, -0.1) is 0 Å². The zero-order valence-electron chi connectivity index (χ0n) is 13.0. The molecule has 0 spiro atoms. The molecule has 1 fully saturated rings. The molecule has 1 aliphatic heterocycles. The molecule has 0 aromatic heterocycles. The molecule has 1 aliphatic rings. The summed E-state index contributed by atoms with van der Waals surface area (Å²) >= 11 is 0. The van der Waals surface area contributed by atoms with Crippen molar-refractivity contribution in [3.63, 3.8) is 0 Å². The SMILES string of the molecule is CC(=O)C(C#N)c1ccc(OCCCN2CCOCC2)cc1. The van der Waals surface area contributed by atoms with Gasteiger partial charge in [-0.25, -0.2) is 0 Å². The van der Waals surface area contributed by atoms with Crippen LogP contribution in [0.2, 0.25) is 0 Å². The predicted octanol–water partition coefficient (Wildman–Crippen LogP) is 1.98. The normalized spacial score (nSPS) is 16.7. The molecule has 1 saturated heterocycles. The quantitative estimate of drug-likeness (QED) is 0.721. The number of hydrogen-bond acceptors (Lipinski definition) is 5. The molecule has 0 aliphatic carbocycles. The number of nitrogens with zero attached hydrogens (tertiary/aromatic N) is 2. The number of benzene rings is 1. The van der Waals surface area contributed by atoms with Crippen LogP contribution in [0.25, 0.3) is 0 Å². The second kappa shape index (κ2) is 8.52. The van der Waals surface area contributed by atoms with E-state index in [1.165, 1.54) is 6.92 Å². The van der Waals surface area contributed by atoms with E-state index in [0.717, 1.165) is 50.6 Å². The van der Waals surface area contributed by atoms with Crippen molar-refractivity contribution in [2.75, 3.05) is 39.5 Å². The Balaban J connectivity index is 1.74. The number of hydrogen-bond donors (Lipinski definition) is 0. The lowest BCUT2D eigenvalue weighted by atomic mass is 9.97. The van der Waals surface area contributed by atoms with Crippen LogP contribution in [0.3, 0.4) is 0 Å². The highest BCUT2D eigenvalue weighted by molar-refractivity contribution is 5.86. The lowest BCUT2D eigenvalue weighted by molar-refractivity contribution is -0.117. The third kappa shape index (κ3) is 4.83. The van der Waals surface area contributed by atoms with Crippen LogP contribution < -0.4 is 4.74 Å². The topological polar surface area (TPSA) is 62.6 Å². The van der Waals surface area contributed by atoms with Crippen molar-refractivity contribution in [2.24, 2.45) is 0 Å². The summed E-state index contributed by atoms with van der Waals surface area (Å²) in [5.74, 6) is -0.0528. The smallest absolute Gasteiger partial charge is 0.151 e. The largest absolute Gasteiger partial charge is 0.494 e. The fourth-order valence-corrected chi connectivity index (χ4v) is 2.46. The molecule has 5 heteroatoms. The van der Waals surface area contributed by atoms with Gasteiger partial charge in [-0.2, -0.15) is 5.26 Å². The van der Waals surface area contributed by atoms with Crippen molar-refractivity contribution in [1.29, 1.82) is 5.26 Å². The van der Waals surface area contributed by atoms with Gasteiger partial charge >= 0.3 is 0 Å². The van der Waals surface area contributed by atoms with Gasteiger partial charge in [-0.05, 0) is 31.0 Å². The number of ketones is 1. The van der Waals surface area contributed by atoms with Crippen molar-refractivity contribution in [2.45, 2.75) is 19.3 Å². The third-order valence-electron chi connectivity index (χ3n) is 3.74. The Hall–Kier alpha value is -1.90. The Kier molecular flexibility index (Phi) is 6.38. The number of carbonyl (C=O) groups is 1. The van der Waals surface area contributed by atoms with E-state index in [9.17, 15) is 4.79 Å². The minimum absolute atomic E-state index is 0.137. The van der Waals surface area contributed by atoms with Crippen LogP contribution in [0.15, 0.2) is 24.3 Å². The fraction of sp³-hybridized carbons (Fsp3) is 0.529. The summed E-state index contributed by atoms with van der Waals surface area (Å²) in [5, 5.41) is 9.00. The molecule has 0 amide bonds. The van der Waals surface area contributed by atoms with Gasteiger partial charge in [-0.3, -0.25) is 9.69 Å². The fourth-order valence-electron chi connectivity index (χ4n) is 2.46. The molecule has 0 radical (unpaired) electrons.